The average Bonchev–Trinajstić information content (AvgIpc) is 2.74. The zero-order valence-electron chi connectivity index (χ0n) is 20.8. The lowest BCUT2D eigenvalue weighted by atomic mass is 9.86. The number of aliphatic imine (C=N–C) groups is 1. The Morgan fingerprint density at radius 2 is 2.00 bits per heavy atom. The molecule has 1 N–H and O–H groups in total. The van der Waals surface area contributed by atoms with E-state index in [0.29, 0.717) is 17.1 Å². The predicted octanol–water partition coefficient (Wildman–Crippen LogP) is 5.15. The molecule has 0 unspecified atom stereocenters. The number of benzene rings is 1. The van der Waals surface area contributed by atoms with Crippen LogP contribution in [0.2, 0.25) is 18.1 Å². The third-order valence-corrected chi connectivity index (χ3v) is 10.9. The quantitative estimate of drug-likeness (QED) is 0.284. The van der Waals surface area contributed by atoms with Crippen LogP contribution in [0.3, 0.4) is 0 Å². The average molecular weight is 467 g/mol. The highest BCUT2D eigenvalue weighted by Crippen LogP contribution is 2.47. The van der Waals surface area contributed by atoms with Crippen molar-refractivity contribution < 1.29 is 14.0 Å². The van der Waals surface area contributed by atoms with E-state index >= 15 is 0 Å². The highest BCUT2D eigenvalue weighted by molar-refractivity contribution is 6.74. The van der Waals surface area contributed by atoms with Gasteiger partial charge in [0.15, 0.2) is 14.2 Å². The van der Waals surface area contributed by atoms with Crippen molar-refractivity contribution in [2.45, 2.75) is 70.5 Å². The number of hydrogen-bond donors (Lipinski definition) is 1. The van der Waals surface area contributed by atoms with Crippen molar-refractivity contribution in [3.8, 4) is 11.8 Å². The van der Waals surface area contributed by atoms with Gasteiger partial charge in [-0.2, -0.15) is 5.26 Å². The first-order valence-corrected chi connectivity index (χ1v) is 14.0. The third kappa shape index (κ3) is 5.27. The normalized spacial score (nSPS) is 20.4. The van der Waals surface area contributed by atoms with Crippen LogP contribution in [0, 0.1) is 11.3 Å². The summed E-state index contributed by atoms with van der Waals surface area (Å²) in [6.45, 7) is 15.1. The van der Waals surface area contributed by atoms with E-state index < -0.39 is 20.0 Å². The predicted molar refractivity (Wildman–Crippen MR) is 132 cm³/mol. The molecule has 7 nitrogen and oxygen atoms in total. The van der Waals surface area contributed by atoms with Crippen LogP contribution in [0.1, 0.15) is 57.4 Å². The van der Waals surface area contributed by atoms with Gasteiger partial charge in [-0.05, 0) is 62.3 Å². The fraction of sp³-hybridized carbons (Fsp3) is 0.480. The molecule has 33 heavy (non-hydrogen) atoms. The first kappa shape index (κ1) is 24.9. The molecule has 2 heterocycles. The summed E-state index contributed by atoms with van der Waals surface area (Å²) in [4.78, 5) is 14.6. The van der Waals surface area contributed by atoms with Crippen molar-refractivity contribution in [2.75, 3.05) is 7.11 Å². The van der Waals surface area contributed by atoms with Crippen LogP contribution in [-0.2, 0) is 9.26 Å². The number of hydroxylamine groups is 1. The fourth-order valence-corrected chi connectivity index (χ4v) is 4.96. The molecule has 0 amide bonds. The summed E-state index contributed by atoms with van der Waals surface area (Å²) in [5.74, 6) is 1.23. The Balaban J connectivity index is 2.22. The van der Waals surface area contributed by atoms with E-state index in [2.05, 4.69) is 50.4 Å². The van der Waals surface area contributed by atoms with Gasteiger partial charge in [0.2, 0.25) is 0 Å². The molecule has 8 heteroatoms. The molecule has 0 aliphatic carbocycles. The largest absolute Gasteiger partial charge is 0.485 e. The summed E-state index contributed by atoms with van der Waals surface area (Å²) in [6, 6.07) is 11.0. The van der Waals surface area contributed by atoms with Crippen molar-refractivity contribution in [3.05, 3.63) is 59.4 Å². The topological polar surface area (TPSA) is 88.8 Å². The maximum atomic E-state index is 9.54. The summed E-state index contributed by atoms with van der Waals surface area (Å²) in [5.41, 5.74) is 4.40. The SMILES string of the molecule is CONC(=N[C@@H]1c2cc(C#N)ccc2OC(C)(C)[C@H]1O[Si](C)(C)C(C)(C)C)c1cccnc1. The molecule has 1 aliphatic rings. The Kier molecular flexibility index (Phi) is 6.98. The molecule has 0 saturated carbocycles. The summed E-state index contributed by atoms with van der Waals surface area (Å²) in [5, 5.41) is 9.54. The van der Waals surface area contributed by atoms with Crippen LogP contribution in [0.25, 0.3) is 0 Å². The highest BCUT2D eigenvalue weighted by Gasteiger charge is 2.50. The number of amidine groups is 1. The number of nitriles is 1. The first-order chi connectivity index (χ1) is 15.4. The molecule has 3 rings (SSSR count). The van der Waals surface area contributed by atoms with Gasteiger partial charge >= 0.3 is 0 Å². The van der Waals surface area contributed by atoms with Crippen molar-refractivity contribution >= 4 is 14.2 Å². The van der Waals surface area contributed by atoms with Gasteiger partial charge in [0.25, 0.3) is 0 Å². The van der Waals surface area contributed by atoms with Crippen LogP contribution < -0.4 is 10.2 Å². The number of nitrogens with one attached hydrogen (secondary N) is 1. The van der Waals surface area contributed by atoms with Crippen molar-refractivity contribution in [2.24, 2.45) is 4.99 Å². The van der Waals surface area contributed by atoms with E-state index in [-0.39, 0.29) is 11.1 Å². The Morgan fingerprint density at radius 3 is 2.58 bits per heavy atom. The van der Waals surface area contributed by atoms with Crippen LogP contribution in [0.5, 0.6) is 5.75 Å². The van der Waals surface area contributed by atoms with Gasteiger partial charge < -0.3 is 9.16 Å². The molecule has 0 bridgehead atoms. The van der Waals surface area contributed by atoms with E-state index in [4.69, 9.17) is 19.0 Å². The third-order valence-electron chi connectivity index (χ3n) is 6.43. The minimum absolute atomic E-state index is 0.00306. The van der Waals surface area contributed by atoms with Crippen molar-refractivity contribution in [1.29, 1.82) is 5.26 Å². The van der Waals surface area contributed by atoms with Crippen molar-refractivity contribution in [3.63, 3.8) is 0 Å². The lowest BCUT2D eigenvalue weighted by molar-refractivity contribution is -0.0491. The van der Waals surface area contributed by atoms with Crippen LogP contribution in [-0.4, -0.2) is 38.0 Å². The van der Waals surface area contributed by atoms with E-state index in [1.54, 1.807) is 25.6 Å². The Labute approximate surface area is 197 Å². The van der Waals surface area contributed by atoms with Gasteiger partial charge in [-0.25, -0.2) is 5.48 Å². The highest BCUT2D eigenvalue weighted by atomic mass is 28.4. The van der Waals surface area contributed by atoms with Crippen LogP contribution in [0.15, 0.2) is 47.7 Å². The second kappa shape index (κ2) is 9.25. The second-order valence-corrected chi connectivity index (χ2v) is 15.1. The molecular formula is C25H34N4O3Si. The van der Waals surface area contributed by atoms with E-state index in [1.165, 1.54) is 0 Å². The summed E-state index contributed by atoms with van der Waals surface area (Å²) in [6.07, 6.45) is 3.06. The Hall–Kier alpha value is -2.73. The maximum absolute atomic E-state index is 9.54. The number of aromatic nitrogens is 1. The van der Waals surface area contributed by atoms with E-state index in [1.807, 2.05) is 38.1 Å². The van der Waals surface area contributed by atoms with E-state index in [9.17, 15) is 5.26 Å². The molecule has 0 saturated heterocycles. The monoisotopic (exact) mass is 466 g/mol. The lowest BCUT2D eigenvalue weighted by Crippen LogP contribution is -2.56. The molecule has 1 aromatic heterocycles. The molecule has 1 aromatic carbocycles. The molecule has 2 atom stereocenters. The van der Waals surface area contributed by atoms with Crippen LogP contribution >= 0.6 is 0 Å². The number of hydrogen-bond acceptors (Lipinski definition) is 6. The summed E-state index contributed by atoms with van der Waals surface area (Å²) >= 11 is 0. The Bertz CT molecular complexity index is 1060. The molecule has 0 radical (unpaired) electrons. The summed E-state index contributed by atoms with van der Waals surface area (Å²) < 4.78 is 13.4. The first-order valence-electron chi connectivity index (χ1n) is 11.1. The van der Waals surface area contributed by atoms with Gasteiger partial charge in [-0.15, -0.1) is 0 Å². The molecule has 0 spiro atoms. The fourth-order valence-electron chi connectivity index (χ4n) is 3.56. The standard InChI is InChI=1S/C25H34N4O3Si/c1-24(2,3)33(7,8)32-22-21(28-23(29-30-6)18-10-9-13-27-16-18)19-14-17(15-26)11-12-20(19)31-25(22,4)5/h9-14,16,21-22H,1-8H3,(H,28,29)/t21-,22+/m1/s1. The smallest absolute Gasteiger partial charge is 0.192 e. The molecular weight excluding hydrogens is 432 g/mol. The minimum Gasteiger partial charge on any atom is -0.485 e. The number of rotatable bonds is 5. The Morgan fingerprint density at radius 1 is 1.27 bits per heavy atom. The molecule has 2 aromatic rings. The second-order valence-electron chi connectivity index (χ2n) is 10.3. The molecule has 176 valence electrons. The maximum Gasteiger partial charge on any atom is 0.192 e. The molecule has 1 aliphatic heterocycles. The zero-order valence-corrected chi connectivity index (χ0v) is 21.8. The van der Waals surface area contributed by atoms with E-state index in [0.717, 1.165) is 11.1 Å². The minimum atomic E-state index is -2.19. The van der Waals surface area contributed by atoms with Gasteiger partial charge in [0.05, 0.1) is 18.7 Å². The van der Waals surface area contributed by atoms with Gasteiger partial charge in [0, 0.05) is 23.5 Å². The number of nitrogens with zero attached hydrogens (tertiary/aromatic N) is 3. The van der Waals surface area contributed by atoms with Gasteiger partial charge in [-0.1, -0.05) is 20.8 Å². The lowest BCUT2D eigenvalue weighted by Gasteiger charge is -2.48. The van der Waals surface area contributed by atoms with Gasteiger partial charge in [0.1, 0.15) is 23.5 Å². The summed E-state index contributed by atoms with van der Waals surface area (Å²) in [7, 11) is -0.646. The van der Waals surface area contributed by atoms with Crippen LogP contribution in [0.4, 0.5) is 0 Å². The number of fused-ring (bicyclic) bond motifs is 1. The number of ether oxygens (including phenoxy) is 1. The zero-order chi connectivity index (χ0) is 24.4. The number of pyridine rings is 1. The van der Waals surface area contributed by atoms with Gasteiger partial charge in [-0.3, -0.25) is 14.8 Å². The molecule has 0 fully saturated rings. The van der Waals surface area contributed by atoms with Crippen molar-refractivity contribution in [1.82, 2.24) is 10.5 Å².